The number of nitrogens with one attached hydrogen (secondary N) is 1. The second-order valence-corrected chi connectivity index (χ2v) is 8.28. The van der Waals surface area contributed by atoms with E-state index in [1.807, 2.05) is 22.7 Å². The van der Waals surface area contributed by atoms with Gasteiger partial charge in [0.1, 0.15) is 5.82 Å². The first-order valence-corrected chi connectivity index (χ1v) is 10.8. The lowest BCUT2D eigenvalue weighted by atomic mass is 9.88. The van der Waals surface area contributed by atoms with Crippen LogP contribution in [0.1, 0.15) is 57.7 Å². The topological polar surface area (TPSA) is 70.5 Å². The zero-order valence-corrected chi connectivity index (χ0v) is 17.4. The lowest BCUT2D eigenvalue weighted by molar-refractivity contribution is -0.139. The van der Waals surface area contributed by atoms with Crippen molar-refractivity contribution in [1.82, 2.24) is 24.7 Å². The van der Waals surface area contributed by atoms with Gasteiger partial charge in [-0.05, 0) is 25.2 Å². The molecule has 0 aromatic carbocycles. The molecular weight excluding hydrogens is 354 g/mol. The third kappa shape index (κ3) is 5.34. The second kappa shape index (κ2) is 10.0. The van der Waals surface area contributed by atoms with Crippen LogP contribution < -0.4 is 5.32 Å². The summed E-state index contributed by atoms with van der Waals surface area (Å²) in [6.45, 7) is 5.71. The predicted molar refractivity (Wildman–Crippen MR) is 108 cm³/mol. The van der Waals surface area contributed by atoms with Crippen LogP contribution in [0.2, 0.25) is 0 Å². The van der Waals surface area contributed by atoms with Crippen molar-refractivity contribution in [3.63, 3.8) is 0 Å². The Balaban J connectivity index is 1.64. The average molecular weight is 390 g/mol. The van der Waals surface area contributed by atoms with Crippen LogP contribution in [0.3, 0.4) is 0 Å². The second-order valence-electron chi connectivity index (χ2n) is 8.28. The monoisotopic (exact) mass is 389 g/mol. The molecule has 7 nitrogen and oxygen atoms in total. The highest BCUT2D eigenvalue weighted by Gasteiger charge is 2.34. The van der Waals surface area contributed by atoms with Gasteiger partial charge in [-0.3, -0.25) is 14.5 Å². The number of piperazine rings is 1. The fourth-order valence-corrected chi connectivity index (χ4v) is 4.48. The van der Waals surface area contributed by atoms with Gasteiger partial charge in [-0.15, -0.1) is 0 Å². The Hall–Kier alpha value is -1.89. The van der Waals surface area contributed by atoms with Gasteiger partial charge in [-0.25, -0.2) is 4.98 Å². The van der Waals surface area contributed by atoms with E-state index in [-0.39, 0.29) is 24.3 Å². The van der Waals surface area contributed by atoms with Gasteiger partial charge >= 0.3 is 0 Å². The summed E-state index contributed by atoms with van der Waals surface area (Å²) >= 11 is 0. The molecule has 1 aliphatic carbocycles. The van der Waals surface area contributed by atoms with E-state index in [4.69, 9.17) is 0 Å². The number of amides is 2. The van der Waals surface area contributed by atoms with Crippen molar-refractivity contribution in [3.05, 3.63) is 18.2 Å². The highest BCUT2D eigenvalue weighted by Crippen LogP contribution is 2.26. The number of rotatable bonds is 8. The van der Waals surface area contributed by atoms with E-state index < -0.39 is 0 Å². The van der Waals surface area contributed by atoms with Gasteiger partial charge in [0.05, 0.1) is 19.0 Å². The van der Waals surface area contributed by atoms with E-state index in [1.165, 1.54) is 32.1 Å². The van der Waals surface area contributed by atoms with Crippen LogP contribution >= 0.6 is 0 Å². The van der Waals surface area contributed by atoms with Gasteiger partial charge in [-0.2, -0.15) is 0 Å². The minimum absolute atomic E-state index is 0.00356. The number of carbonyl (C=O) groups excluding carboxylic acids is 2. The van der Waals surface area contributed by atoms with Crippen molar-refractivity contribution in [2.75, 3.05) is 26.2 Å². The highest BCUT2D eigenvalue weighted by atomic mass is 16.2. The number of hydrogen-bond acceptors (Lipinski definition) is 4. The van der Waals surface area contributed by atoms with Gasteiger partial charge in [0.25, 0.3) is 0 Å². The molecular formula is C21H35N5O2. The first kappa shape index (κ1) is 20.8. The average Bonchev–Trinajstić information content (AvgIpc) is 3.09. The quantitative estimate of drug-likeness (QED) is 0.738. The lowest BCUT2D eigenvalue weighted by Crippen LogP contribution is -2.57. The molecule has 2 amide bonds. The molecule has 0 bridgehead atoms. The van der Waals surface area contributed by atoms with Crippen molar-refractivity contribution < 1.29 is 9.59 Å². The van der Waals surface area contributed by atoms with Crippen LogP contribution in [0.25, 0.3) is 0 Å². The van der Waals surface area contributed by atoms with Crippen molar-refractivity contribution in [2.45, 2.75) is 64.5 Å². The number of aromatic nitrogens is 2. The lowest BCUT2D eigenvalue weighted by Gasteiger charge is -2.38. The smallest absolute Gasteiger partial charge is 0.237 e. The molecule has 1 saturated heterocycles. The van der Waals surface area contributed by atoms with Crippen LogP contribution in [0.5, 0.6) is 0 Å². The Kier molecular flexibility index (Phi) is 7.48. The summed E-state index contributed by atoms with van der Waals surface area (Å²) in [5.41, 5.74) is 0. The number of nitrogens with zero attached hydrogens (tertiary/aromatic N) is 4. The molecule has 2 heterocycles. The van der Waals surface area contributed by atoms with E-state index >= 15 is 0 Å². The number of imidazole rings is 1. The van der Waals surface area contributed by atoms with Crippen LogP contribution in [0.15, 0.2) is 12.4 Å². The molecule has 1 aromatic heterocycles. The van der Waals surface area contributed by atoms with E-state index in [0.29, 0.717) is 25.6 Å². The molecule has 0 spiro atoms. The first-order chi connectivity index (χ1) is 13.6. The van der Waals surface area contributed by atoms with Crippen molar-refractivity contribution in [1.29, 1.82) is 0 Å². The summed E-state index contributed by atoms with van der Waals surface area (Å²) in [5, 5.41) is 2.96. The molecule has 3 rings (SSSR count). The van der Waals surface area contributed by atoms with Crippen LogP contribution in [0.4, 0.5) is 0 Å². The number of aryl methyl sites for hydroxylation is 1. The third-order valence-electron chi connectivity index (χ3n) is 6.13. The Morgan fingerprint density at radius 2 is 2.11 bits per heavy atom. The summed E-state index contributed by atoms with van der Waals surface area (Å²) in [7, 11) is 1.94. The van der Waals surface area contributed by atoms with Gasteiger partial charge in [0.15, 0.2) is 0 Å². The van der Waals surface area contributed by atoms with Crippen LogP contribution in [0, 0.1) is 5.92 Å². The summed E-state index contributed by atoms with van der Waals surface area (Å²) in [4.78, 5) is 34.2. The van der Waals surface area contributed by atoms with Crippen molar-refractivity contribution in [2.24, 2.45) is 13.0 Å². The van der Waals surface area contributed by atoms with Crippen molar-refractivity contribution >= 4 is 11.8 Å². The summed E-state index contributed by atoms with van der Waals surface area (Å²) in [6.07, 6.45) is 11.2. The molecule has 1 aliphatic heterocycles. The largest absolute Gasteiger partial charge is 0.353 e. The molecule has 0 unspecified atom stereocenters. The van der Waals surface area contributed by atoms with E-state index in [1.54, 1.807) is 6.20 Å². The molecule has 0 radical (unpaired) electrons. The molecule has 2 fully saturated rings. The van der Waals surface area contributed by atoms with Crippen LogP contribution in [-0.4, -0.2) is 63.4 Å². The molecule has 1 N–H and O–H groups in total. The summed E-state index contributed by atoms with van der Waals surface area (Å²) < 4.78 is 1.94. The Morgan fingerprint density at radius 3 is 2.79 bits per heavy atom. The Bertz CT molecular complexity index is 653. The maximum Gasteiger partial charge on any atom is 0.237 e. The highest BCUT2D eigenvalue weighted by molar-refractivity contribution is 5.88. The maximum atomic E-state index is 13.1. The zero-order chi connectivity index (χ0) is 19.9. The summed E-state index contributed by atoms with van der Waals surface area (Å²) in [6, 6.07) is -0.344. The van der Waals surface area contributed by atoms with E-state index in [9.17, 15) is 9.59 Å². The molecule has 1 aromatic rings. The SMILES string of the molecule is CCCN(Cc1nccn1C)C(=O)C[C@@H]1C(=O)NCCN1CC1CCCCC1. The Morgan fingerprint density at radius 1 is 1.32 bits per heavy atom. The van der Waals surface area contributed by atoms with Gasteiger partial charge in [0, 0.05) is 45.6 Å². The fourth-order valence-electron chi connectivity index (χ4n) is 4.48. The molecule has 7 heteroatoms. The zero-order valence-electron chi connectivity index (χ0n) is 17.4. The van der Waals surface area contributed by atoms with E-state index in [2.05, 4.69) is 22.1 Å². The van der Waals surface area contributed by atoms with Crippen LogP contribution in [-0.2, 0) is 23.2 Å². The molecule has 156 valence electrons. The normalized spacial score (nSPS) is 21.5. The standard InChI is InChI=1S/C21H35N5O2/c1-3-11-26(16-19-22-9-12-24(19)2)20(27)14-18-21(28)23-10-13-25(18)15-17-7-5-4-6-8-17/h9,12,17-18H,3-8,10-11,13-16H2,1-2H3,(H,23,28)/t18-/m1/s1. The van der Waals surface area contributed by atoms with Crippen molar-refractivity contribution in [3.8, 4) is 0 Å². The molecule has 28 heavy (non-hydrogen) atoms. The fraction of sp³-hybridized carbons (Fsp3) is 0.762. The third-order valence-corrected chi connectivity index (χ3v) is 6.13. The van der Waals surface area contributed by atoms with Gasteiger partial charge in [0.2, 0.25) is 11.8 Å². The van der Waals surface area contributed by atoms with E-state index in [0.717, 1.165) is 25.3 Å². The summed E-state index contributed by atoms with van der Waals surface area (Å²) in [5.74, 6) is 1.58. The Labute approximate surface area is 168 Å². The predicted octanol–water partition coefficient (Wildman–Crippen LogP) is 1.93. The number of hydrogen-bond donors (Lipinski definition) is 1. The molecule has 2 aliphatic rings. The number of carbonyl (C=O) groups is 2. The van der Waals surface area contributed by atoms with Gasteiger partial charge < -0.3 is 14.8 Å². The van der Waals surface area contributed by atoms with Gasteiger partial charge in [-0.1, -0.05) is 26.2 Å². The molecule has 1 atom stereocenters. The minimum Gasteiger partial charge on any atom is -0.353 e. The minimum atomic E-state index is -0.344. The first-order valence-electron chi connectivity index (χ1n) is 10.8. The maximum absolute atomic E-state index is 13.1. The molecule has 1 saturated carbocycles.